The maximum atomic E-state index is 14.3. The van der Waals surface area contributed by atoms with Crippen LogP contribution in [0.25, 0.3) is 11.4 Å². The highest BCUT2D eigenvalue weighted by Crippen LogP contribution is 2.39. The average molecular weight is 838 g/mol. The van der Waals surface area contributed by atoms with Crippen molar-refractivity contribution in [2.75, 3.05) is 21.3 Å². The van der Waals surface area contributed by atoms with Crippen LogP contribution in [0.15, 0.2) is 164 Å². The van der Waals surface area contributed by atoms with E-state index in [-0.39, 0.29) is 85.0 Å². The second-order valence-electron chi connectivity index (χ2n) is 14.8. The fraction of sp³-hybridized carbons (Fsp3) is 0. The van der Waals surface area contributed by atoms with Crippen molar-refractivity contribution in [2.45, 2.75) is 0 Å². The van der Waals surface area contributed by atoms with Gasteiger partial charge in [-0.1, -0.05) is 115 Å². The summed E-state index contributed by atoms with van der Waals surface area (Å²) in [5, 5.41) is 11.9. The van der Waals surface area contributed by atoms with Gasteiger partial charge in [-0.05, 0) is 48.5 Å². The lowest BCUT2D eigenvalue weighted by Crippen LogP contribution is -2.25. The van der Waals surface area contributed by atoms with Crippen LogP contribution in [0.4, 0.5) is 34.6 Å². The van der Waals surface area contributed by atoms with Gasteiger partial charge in [-0.15, -0.1) is 0 Å². The molecule has 1 heterocycles. The number of nitrogens with zero attached hydrogens (tertiary/aromatic N) is 3. The van der Waals surface area contributed by atoms with Crippen LogP contribution in [0, 0.1) is 0 Å². The van der Waals surface area contributed by atoms with Crippen LogP contribution >= 0.6 is 0 Å². The highest BCUT2D eigenvalue weighted by atomic mass is 16.2. The quantitative estimate of drug-likeness (QED) is 0.109. The third kappa shape index (κ3) is 6.94. The molecule has 13 nitrogen and oxygen atoms in total. The minimum absolute atomic E-state index is 0.00368. The maximum absolute atomic E-state index is 14.3. The summed E-state index contributed by atoms with van der Waals surface area (Å²) >= 11 is 0. The van der Waals surface area contributed by atoms with Gasteiger partial charge in [0, 0.05) is 38.9 Å². The molecule has 0 spiro atoms. The number of carbonyl (C=O) groups is 6. The van der Waals surface area contributed by atoms with Crippen molar-refractivity contribution in [1.82, 2.24) is 15.0 Å². The normalized spacial score (nSPS) is 12.3. The van der Waals surface area contributed by atoms with Crippen molar-refractivity contribution in [1.29, 1.82) is 0 Å². The van der Waals surface area contributed by atoms with Crippen molar-refractivity contribution in [3.63, 3.8) is 0 Å². The molecule has 13 heteroatoms. The van der Waals surface area contributed by atoms with Gasteiger partial charge in [0.1, 0.15) is 0 Å². The van der Waals surface area contributed by atoms with E-state index in [1.165, 1.54) is 0 Å². The van der Waals surface area contributed by atoms with Gasteiger partial charge in [-0.25, -0.2) is 0 Å². The van der Waals surface area contributed by atoms with Crippen LogP contribution in [-0.4, -0.2) is 49.9 Å². The predicted molar refractivity (Wildman–Crippen MR) is 240 cm³/mol. The van der Waals surface area contributed by atoms with E-state index in [4.69, 9.17) is 0 Å². The molecular formula is C51H31N7O6. The smallest absolute Gasteiger partial charge is 0.255 e. The van der Waals surface area contributed by atoms with Gasteiger partial charge >= 0.3 is 0 Å². The predicted octanol–water partition coefficient (Wildman–Crippen LogP) is 9.08. The molecule has 64 heavy (non-hydrogen) atoms. The molecule has 0 radical (unpaired) electrons. The Kier molecular flexibility index (Phi) is 9.73. The van der Waals surface area contributed by atoms with E-state index >= 15 is 0 Å². The number of amides is 2. The molecule has 2 aliphatic rings. The summed E-state index contributed by atoms with van der Waals surface area (Å²) in [7, 11) is 0. The van der Waals surface area contributed by atoms with E-state index in [0.29, 0.717) is 16.7 Å². The molecule has 8 aromatic rings. The van der Waals surface area contributed by atoms with Crippen LogP contribution in [0.5, 0.6) is 0 Å². The van der Waals surface area contributed by atoms with E-state index in [0.717, 1.165) is 0 Å². The number of rotatable bonds is 9. The molecule has 2 aliphatic carbocycles. The fourth-order valence-corrected chi connectivity index (χ4v) is 7.91. The van der Waals surface area contributed by atoms with E-state index in [9.17, 15) is 28.8 Å². The standard InChI is InChI=1S/C51H31N7O6/c59-43-33-22-12-26-37(41(33)45(61)31-20-10-24-35(39(31)43)52-48(63)29-16-6-2-7-17-29)54-50-56-47(28-14-4-1-5-15-28)57-51(58-50)55-38-27-13-23-34-42(38)46(62)32-21-11-25-36(40(32)44(34)60)53-49(64)30-18-8-3-9-19-30/h1-27H,(H,52,63)(H,53,64)(H2,54,55,56,57,58). The van der Waals surface area contributed by atoms with Gasteiger partial charge in [-0.3, -0.25) is 28.8 Å². The zero-order valence-electron chi connectivity index (χ0n) is 33.4. The first-order valence-electron chi connectivity index (χ1n) is 20.0. The Labute approximate surface area is 364 Å². The Balaban J connectivity index is 0.989. The van der Waals surface area contributed by atoms with Crippen molar-refractivity contribution in [3.8, 4) is 11.4 Å². The zero-order chi connectivity index (χ0) is 43.9. The summed E-state index contributed by atoms with van der Waals surface area (Å²) in [6.07, 6.45) is 0. The topological polar surface area (TPSA) is 189 Å². The number of anilines is 6. The molecule has 10 rings (SSSR count). The first-order chi connectivity index (χ1) is 31.2. The summed E-state index contributed by atoms with van der Waals surface area (Å²) in [5.74, 6) is -2.47. The third-order valence-corrected chi connectivity index (χ3v) is 10.9. The number of aromatic nitrogens is 3. The summed E-state index contributed by atoms with van der Waals surface area (Å²) in [6.45, 7) is 0. The Morgan fingerprint density at radius 1 is 0.344 bits per heavy atom. The van der Waals surface area contributed by atoms with Crippen molar-refractivity contribution >= 4 is 69.6 Å². The minimum atomic E-state index is -0.458. The third-order valence-electron chi connectivity index (χ3n) is 10.9. The molecule has 1 aromatic heterocycles. The summed E-state index contributed by atoms with van der Waals surface area (Å²) < 4.78 is 0. The van der Waals surface area contributed by atoms with Gasteiger partial charge in [0.05, 0.1) is 45.0 Å². The first kappa shape index (κ1) is 38.9. The Hall–Kier alpha value is -9.23. The molecule has 0 unspecified atom stereocenters. The van der Waals surface area contributed by atoms with Crippen LogP contribution in [0.3, 0.4) is 0 Å². The molecule has 0 fully saturated rings. The molecule has 2 amide bonds. The summed E-state index contributed by atoms with van der Waals surface area (Å²) in [6, 6.07) is 45.2. The molecule has 4 N–H and O–H groups in total. The van der Waals surface area contributed by atoms with Crippen LogP contribution in [-0.2, 0) is 0 Å². The minimum Gasteiger partial charge on any atom is -0.323 e. The fourth-order valence-electron chi connectivity index (χ4n) is 7.91. The molecule has 306 valence electrons. The number of hydrogen-bond donors (Lipinski definition) is 4. The molecule has 0 aliphatic heterocycles. The van der Waals surface area contributed by atoms with E-state index in [1.807, 2.05) is 18.2 Å². The number of fused-ring (bicyclic) bond motifs is 4. The number of ketones is 4. The van der Waals surface area contributed by atoms with Gasteiger partial charge in [0.15, 0.2) is 29.0 Å². The van der Waals surface area contributed by atoms with Crippen molar-refractivity contribution < 1.29 is 28.8 Å². The van der Waals surface area contributed by atoms with Crippen molar-refractivity contribution in [3.05, 3.63) is 219 Å². The second-order valence-corrected chi connectivity index (χ2v) is 14.8. The summed E-state index contributed by atoms with van der Waals surface area (Å²) in [5.41, 5.74) is 3.06. The molecule has 7 aromatic carbocycles. The van der Waals surface area contributed by atoms with Crippen molar-refractivity contribution in [2.24, 2.45) is 0 Å². The van der Waals surface area contributed by atoms with E-state index in [1.54, 1.807) is 146 Å². The lowest BCUT2D eigenvalue weighted by atomic mass is 9.82. The van der Waals surface area contributed by atoms with Gasteiger partial charge < -0.3 is 21.3 Å². The number of benzene rings is 7. The van der Waals surface area contributed by atoms with Gasteiger partial charge in [0.2, 0.25) is 11.9 Å². The summed E-state index contributed by atoms with van der Waals surface area (Å²) in [4.78, 5) is 97.3. The molecule has 0 saturated carbocycles. The van der Waals surface area contributed by atoms with Crippen LogP contribution in [0.1, 0.15) is 84.4 Å². The largest absolute Gasteiger partial charge is 0.323 e. The zero-order valence-corrected chi connectivity index (χ0v) is 33.4. The number of hydrogen-bond acceptors (Lipinski definition) is 11. The Morgan fingerprint density at radius 3 is 1.05 bits per heavy atom. The number of nitrogens with one attached hydrogen (secondary N) is 4. The van der Waals surface area contributed by atoms with Crippen LogP contribution in [0.2, 0.25) is 0 Å². The van der Waals surface area contributed by atoms with E-state index in [2.05, 4.69) is 36.2 Å². The maximum Gasteiger partial charge on any atom is 0.255 e. The molecule has 0 saturated heterocycles. The highest BCUT2D eigenvalue weighted by Gasteiger charge is 2.36. The Morgan fingerprint density at radius 2 is 0.672 bits per heavy atom. The Bertz CT molecular complexity index is 3090. The van der Waals surface area contributed by atoms with Gasteiger partial charge in [0.25, 0.3) is 11.8 Å². The highest BCUT2D eigenvalue weighted by molar-refractivity contribution is 6.33. The van der Waals surface area contributed by atoms with Crippen LogP contribution < -0.4 is 21.3 Å². The lowest BCUT2D eigenvalue weighted by Gasteiger charge is -2.23. The second kappa shape index (κ2) is 16.0. The monoisotopic (exact) mass is 837 g/mol. The lowest BCUT2D eigenvalue weighted by molar-refractivity contribution is 0.0979. The van der Waals surface area contributed by atoms with E-state index < -0.39 is 34.9 Å². The molecular weight excluding hydrogens is 807 g/mol. The number of carbonyl (C=O) groups excluding carboxylic acids is 6. The molecule has 0 bridgehead atoms. The SMILES string of the molecule is O=C(Nc1cccc2c1C(=O)c1cccc(Nc3nc(Nc4cccc5c4C(=O)c4cccc(NC(=O)c6ccccc6)c4C5=O)nc(-c4ccccc4)n3)c1C2=O)c1ccccc1. The van der Waals surface area contributed by atoms with Gasteiger partial charge in [-0.2, -0.15) is 15.0 Å². The first-order valence-corrected chi connectivity index (χ1v) is 20.0. The molecule has 0 atom stereocenters. The average Bonchev–Trinajstić information content (AvgIpc) is 3.33.